The maximum atomic E-state index is 12.5. The van der Waals surface area contributed by atoms with Gasteiger partial charge in [0.25, 0.3) is 11.1 Å². The van der Waals surface area contributed by atoms with E-state index >= 15 is 0 Å². The Morgan fingerprint density at radius 2 is 1.35 bits per heavy atom. The molecule has 3 N–H and O–H groups in total. The molecule has 8 heterocycles. The van der Waals surface area contributed by atoms with Crippen molar-refractivity contribution in [2.45, 2.75) is 57.4 Å². The van der Waals surface area contributed by atoms with Crippen molar-refractivity contribution in [2.24, 2.45) is 5.73 Å². The number of likely N-dealkylation sites (tertiary alicyclic amines) is 2. The van der Waals surface area contributed by atoms with Gasteiger partial charge in [-0.05, 0) is 75.4 Å². The van der Waals surface area contributed by atoms with E-state index in [2.05, 4.69) is 35.6 Å². The molecule has 15 heteroatoms. The van der Waals surface area contributed by atoms with Crippen molar-refractivity contribution < 1.29 is 14.0 Å². The first-order valence-electron chi connectivity index (χ1n) is 18.9. The van der Waals surface area contributed by atoms with Crippen molar-refractivity contribution in [3.8, 4) is 22.8 Å². The summed E-state index contributed by atoms with van der Waals surface area (Å²) < 4.78 is 19.6. The first-order chi connectivity index (χ1) is 26.9. The van der Waals surface area contributed by atoms with Crippen LogP contribution in [0.2, 0.25) is 0 Å². The summed E-state index contributed by atoms with van der Waals surface area (Å²) in [5.41, 5.74) is 11.2. The quantitative estimate of drug-likeness (QED) is 0.183. The van der Waals surface area contributed by atoms with Crippen LogP contribution >= 0.6 is 11.3 Å². The van der Waals surface area contributed by atoms with Crippen molar-refractivity contribution in [2.75, 3.05) is 53.5 Å². The van der Waals surface area contributed by atoms with Crippen molar-refractivity contribution in [1.82, 2.24) is 39.4 Å². The van der Waals surface area contributed by atoms with E-state index in [-0.39, 0.29) is 11.1 Å². The van der Waals surface area contributed by atoms with Crippen LogP contribution in [0, 0.1) is 0 Å². The number of methoxy groups -OCH3 is 2. The summed E-state index contributed by atoms with van der Waals surface area (Å²) in [4.78, 5) is 38.2. The van der Waals surface area contributed by atoms with Gasteiger partial charge in [-0.25, -0.2) is 0 Å². The van der Waals surface area contributed by atoms with Gasteiger partial charge in [-0.15, -0.1) is 0 Å². The topological polar surface area (TPSA) is 159 Å². The minimum absolute atomic E-state index is 0.00346. The molecule has 0 amide bonds. The third-order valence-electron chi connectivity index (χ3n) is 10.5. The number of aromatic nitrogens is 5. The number of hydrogen-bond donors (Lipinski definition) is 2. The second-order valence-corrected chi connectivity index (χ2v) is 14.9. The fourth-order valence-corrected chi connectivity index (χ4v) is 7.83. The van der Waals surface area contributed by atoms with Crippen LogP contribution in [0.15, 0.2) is 85.8 Å². The van der Waals surface area contributed by atoms with Crippen LogP contribution in [-0.2, 0) is 19.6 Å². The Morgan fingerprint density at radius 1 is 0.782 bits per heavy atom. The summed E-state index contributed by atoms with van der Waals surface area (Å²) in [5.74, 6) is 2.14. The van der Waals surface area contributed by atoms with Gasteiger partial charge in [-0.3, -0.25) is 19.6 Å². The molecule has 2 saturated heterocycles. The monoisotopic (exact) mass is 767 g/mol. The lowest BCUT2D eigenvalue weighted by atomic mass is 10.0. The number of piperidine rings is 2. The molecule has 0 aromatic carbocycles. The molecule has 0 atom stereocenters. The lowest BCUT2D eigenvalue weighted by molar-refractivity contribution is 0.191. The van der Waals surface area contributed by atoms with Gasteiger partial charge in [0.05, 0.1) is 54.4 Å². The number of hydrogen-bond acceptors (Lipinski definition) is 13. The van der Waals surface area contributed by atoms with E-state index in [0.29, 0.717) is 43.2 Å². The Labute approximate surface area is 323 Å². The van der Waals surface area contributed by atoms with Gasteiger partial charge < -0.3 is 44.0 Å². The average molecular weight is 768 g/mol. The summed E-state index contributed by atoms with van der Waals surface area (Å²) >= 11 is 1.65. The third-order valence-corrected chi connectivity index (χ3v) is 11.2. The Hall–Kier alpha value is -4.93. The largest absolute Gasteiger partial charge is 0.495 e. The minimum Gasteiger partial charge on any atom is -0.495 e. The standard InChI is InChI=1S/C24H27N5O3S.C16H22N4O2/c1-31-20-13-22-21(26-15-20)2-3-24(30)29(22)10-9-28-7-4-18(5-8-28)25-14-19-12-23(32-27-19)17-6-11-33-16-17;1-22-13-10-15-14(18-11-13)2-3-16(21)20(15)9-8-19-6-4-12(17)5-7-19/h2-3,6,11-13,15-16,18,25H,4-5,7-10,14H2,1H3;2-3,10-12H,4-9,17H2,1H3. The highest BCUT2D eigenvalue weighted by atomic mass is 32.1. The predicted molar refractivity (Wildman–Crippen MR) is 215 cm³/mol. The van der Waals surface area contributed by atoms with Crippen molar-refractivity contribution >= 4 is 33.4 Å². The van der Waals surface area contributed by atoms with E-state index < -0.39 is 0 Å². The number of nitrogens with two attached hydrogens (primary N) is 1. The Kier molecular flexibility index (Phi) is 12.6. The van der Waals surface area contributed by atoms with Crippen LogP contribution in [0.3, 0.4) is 0 Å². The second kappa shape index (κ2) is 18.1. The van der Waals surface area contributed by atoms with Gasteiger partial charge in [0.1, 0.15) is 11.5 Å². The summed E-state index contributed by atoms with van der Waals surface area (Å²) in [6, 6.07) is 15.3. The lowest BCUT2D eigenvalue weighted by Crippen LogP contribution is -2.43. The molecule has 55 heavy (non-hydrogen) atoms. The third kappa shape index (κ3) is 9.66. The normalized spacial score (nSPS) is 16.0. The number of fused-ring (bicyclic) bond motifs is 2. The molecular weight excluding hydrogens is 719 g/mol. The number of nitrogens with one attached hydrogen (secondary N) is 1. The van der Waals surface area contributed by atoms with E-state index in [1.54, 1.807) is 71.3 Å². The first kappa shape index (κ1) is 38.3. The molecule has 14 nitrogen and oxygen atoms in total. The minimum atomic E-state index is -0.0106. The molecule has 2 aliphatic heterocycles. The number of pyridine rings is 4. The first-order valence-corrected chi connectivity index (χ1v) is 19.8. The van der Waals surface area contributed by atoms with Gasteiger partial charge in [0.2, 0.25) is 0 Å². The van der Waals surface area contributed by atoms with Gasteiger partial charge >= 0.3 is 0 Å². The Morgan fingerprint density at radius 3 is 1.87 bits per heavy atom. The van der Waals surface area contributed by atoms with Crippen molar-refractivity contribution in [1.29, 1.82) is 0 Å². The van der Waals surface area contributed by atoms with Crippen LogP contribution in [0.4, 0.5) is 0 Å². The summed E-state index contributed by atoms with van der Waals surface area (Å²) in [5, 5.41) is 11.9. The van der Waals surface area contributed by atoms with Crippen LogP contribution in [-0.4, -0.2) is 99.6 Å². The van der Waals surface area contributed by atoms with Gasteiger partial charge in [-0.2, -0.15) is 11.3 Å². The smallest absolute Gasteiger partial charge is 0.251 e. The molecule has 6 aromatic heterocycles. The van der Waals surface area contributed by atoms with E-state index in [1.165, 1.54) is 0 Å². The Bertz CT molecular complexity index is 2270. The highest BCUT2D eigenvalue weighted by Crippen LogP contribution is 2.23. The highest BCUT2D eigenvalue weighted by Gasteiger charge is 2.20. The number of thiophene rings is 1. The predicted octanol–water partition coefficient (Wildman–Crippen LogP) is 4.20. The van der Waals surface area contributed by atoms with Crippen LogP contribution < -0.4 is 31.6 Å². The Balaban J connectivity index is 0.000000184. The molecule has 8 rings (SSSR count). The summed E-state index contributed by atoms with van der Waals surface area (Å²) in [6.07, 6.45) is 7.53. The fourth-order valence-electron chi connectivity index (χ4n) is 7.19. The highest BCUT2D eigenvalue weighted by molar-refractivity contribution is 7.08. The molecule has 290 valence electrons. The molecule has 6 aromatic rings. The van der Waals surface area contributed by atoms with E-state index in [0.717, 1.165) is 104 Å². The molecule has 2 fully saturated rings. The van der Waals surface area contributed by atoms with Crippen LogP contribution in [0.25, 0.3) is 33.4 Å². The molecule has 0 aliphatic carbocycles. The van der Waals surface area contributed by atoms with Crippen molar-refractivity contribution in [3.05, 3.63) is 98.1 Å². The van der Waals surface area contributed by atoms with Gasteiger partial charge in [0.15, 0.2) is 5.76 Å². The zero-order valence-corrected chi connectivity index (χ0v) is 32.2. The summed E-state index contributed by atoms with van der Waals surface area (Å²) in [6.45, 7) is 7.67. The van der Waals surface area contributed by atoms with E-state index in [1.807, 2.05) is 29.6 Å². The summed E-state index contributed by atoms with van der Waals surface area (Å²) in [7, 11) is 3.21. The van der Waals surface area contributed by atoms with E-state index in [4.69, 9.17) is 19.7 Å². The SMILES string of the molecule is COc1cnc2ccc(=O)n(CCN3CCC(N)CC3)c2c1.COc1cnc2ccc(=O)n(CCN3CCC(NCc4cc(-c5ccsc5)on4)CC3)c2c1. The molecule has 0 spiro atoms. The molecule has 0 bridgehead atoms. The number of rotatable bonds is 12. The number of ether oxygens (including phenoxy) is 2. The maximum absolute atomic E-state index is 12.5. The fraction of sp³-hybridized carbons (Fsp3) is 0.425. The molecule has 2 aliphatic rings. The molecule has 0 radical (unpaired) electrons. The molecular formula is C40H49N9O5S. The number of nitrogens with zero attached hydrogens (tertiary/aromatic N) is 7. The molecule has 0 saturated carbocycles. The lowest BCUT2D eigenvalue weighted by Gasteiger charge is -2.32. The average Bonchev–Trinajstić information content (AvgIpc) is 3.94. The van der Waals surface area contributed by atoms with Gasteiger partial charge in [-0.1, -0.05) is 5.16 Å². The molecule has 0 unspecified atom stereocenters. The second-order valence-electron chi connectivity index (χ2n) is 14.1. The van der Waals surface area contributed by atoms with Crippen LogP contribution in [0.1, 0.15) is 31.4 Å². The maximum Gasteiger partial charge on any atom is 0.251 e. The zero-order chi connectivity index (χ0) is 38.1. The van der Waals surface area contributed by atoms with Crippen LogP contribution in [0.5, 0.6) is 11.5 Å². The van der Waals surface area contributed by atoms with Crippen molar-refractivity contribution in [3.63, 3.8) is 0 Å². The van der Waals surface area contributed by atoms with Gasteiger partial charge in [0, 0.05) is 86.1 Å². The van der Waals surface area contributed by atoms with E-state index in [9.17, 15) is 9.59 Å². The zero-order valence-electron chi connectivity index (χ0n) is 31.4.